The quantitative estimate of drug-likeness (QED) is 0.151. The van der Waals surface area contributed by atoms with Gasteiger partial charge in [0, 0.05) is 18.5 Å². The van der Waals surface area contributed by atoms with E-state index in [0.717, 1.165) is 53.3 Å². The zero-order valence-corrected chi connectivity index (χ0v) is 23.2. The fraction of sp³-hybridized carbons (Fsp3) is 0.400. The molecule has 5 nitrogen and oxygen atoms in total. The van der Waals surface area contributed by atoms with Crippen molar-refractivity contribution in [3.63, 3.8) is 0 Å². The van der Waals surface area contributed by atoms with Crippen molar-refractivity contribution in [2.24, 2.45) is 0 Å². The summed E-state index contributed by atoms with van der Waals surface area (Å²) in [6, 6.07) is 16.0. The van der Waals surface area contributed by atoms with Crippen LogP contribution in [-0.2, 0) is 11.1 Å². The number of aryl methyl sites for hydroxylation is 3. The van der Waals surface area contributed by atoms with E-state index in [9.17, 15) is 13.3 Å². The molecule has 0 radical (unpaired) electrons. The van der Waals surface area contributed by atoms with Crippen LogP contribution in [0.4, 0.5) is 8.78 Å². The molecule has 0 fully saturated rings. The number of nitrogens with one attached hydrogen (secondary N) is 1. The summed E-state index contributed by atoms with van der Waals surface area (Å²) in [5, 5.41) is 3.20. The fourth-order valence-corrected chi connectivity index (χ4v) is 5.10. The maximum absolute atomic E-state index is 14.7. The van der Waals surface area contributed by atoms with E-state index in [-0.39, 0.29) is 12.1 Å². The Bertz CT molecular complexity index is 1260. The topological polar surface area (TPSA) is 78.8 Å². The third-order valence-corrected chi connectivity index (χ3v) is 7.69. The second-order valence-electron chi connectivity index (χ2n) is 9.92. The molecule has 0 saturated carbocycles. The van der Waals surface area contributed by atoms with Crippen LogP contribution in [0.3, 0.4) is 0 Å². The Balaban J connectivity index is 1.52. The van der Waals surface area contributed by atoms with Crippen LogP contribution in [-0.4, -0.2) is 29.1 Å². The zero-order chi connectivity index (χ0) is 27.7. The van der Waals surface area contributed by atoms with Gasteiger partial charge in [-0.15, -0.1) is 0 Å². The van der Waals surface area contributed by atoms with Crippen LogP contribution in [0, 0.1) is 32.4 Å². The van der Waals surface area contributed by atoms with Crippen LogP contribution < -0.4 is 10.1 Å². The average molecular weight is 546 g/mol. The predicted octanol–water partition coefficient (Wildman–Crippen LogP) is 6.93. The standard InChI is InChI=1S/C30H38F2NO4P/c1-21-8-10-25(18-22(21)2)27(28-12-11-26(31)19-29(28)32)7-4-5-15-37-30-13-9-24(17-23(30)3)20-33-14-6-16-38(34,35)36/h8-13,17-19,27,33H,4-7,14-16,20H2,1-3H3,(H2,34,35,36). The van der Waals surface area contributed by atoms with E-state index >= 15 is 0 Å². The Hall–Kier alpha value is -2.57. The Morgan fingerprint density at radius 1 is 0.895 bits per heavy atom. The smallest absolute Gasteiger partial charge is 0.325 e. The number of benzene rings is 3. The van der Waals surface area contributed by atoms with Gasteiger partial charge in [0.25, 0.3) is 0 Å². The van der Waals surface area contributed by atoms with E-state index in [2.05, 4.69) is 11.4 Å². The highest BCUT2D eigenvalue weighted by atomic mass is 31.2. The number of hydrogen-bond acceptors (Lipinski definition) is 3. The Morgan fingerprint density at radius 2 is 1.68 bits per heavy atom. The van der Waals surface area contributed by atoms with Crippen LogP contribution in [0.1, 0.15) is 65.0 Å². The molecule has 0 bridgehead atoms. The predicted molar refractivity (Wildman–Crippen MR) is 148 cm³/mol. The number of ether oxygens (including phenoxy) is 1. The van der Waals surface area contributed by atoms with Gasteiger partial charge < -0.3 is 19.8 Å². The number of rotatable bonds is 14. The molecule has 3 rings (SSSR count). The van der Waals surface area contributed by atoms with Crippen molar-refractivity contribution >= 4 is 7.60 Å². The first-order valence-corrected chi connectivity index (χ1v) is 14.8. The first kappa shape index (κ1) is 30.0. The van der Waals surface area contributed by atoms with Crippen molar-refractivity contribution in [2.75, 3.05) is 19.3 Å². The van der Waals surface area contributed by atoms with E-state index in [1.807, 2.05) is 51.1 Å². The number of halogens is 2. The fourth-order valence-electron chi connectivity index (χ4n) is 4.53. The third kappa shape index (κ3) is 9.32. The molecule has 8 heteroatoms. The summed E-state index contributed by atoms with van der Waals surface area (Å²) in [6.07, 6.45) is 2.65. The minimum atomic E-state index is -3.94. The summed E-state index contributed by atoms with van der Waals surface area (Å²) in [4.78, 5) is 17.8. The highest BCUT2D eigenvalue weighted by Crippen LogP contribution is 2.35. The van der Waals surface area contributed by atoms with Crippen LogP contribution >= 0.6 is 7.60 Å². The van der Waals surface area contributed by atoms with Crippen molar-refractivity contribution in [1.82, 2.24) is 5.32 Å². The van der Waals surface area contributed by atoms with Crippen LogP contribution in [0.2, 0.25) is 0 Å². The molecule has 0 aliphatic rings. The number of hydrogen-bond donors (Lipinski definition) is 3. The van der Waals surface area contributed by atoms with E-state index in [1.165, 1.54) is 11.6 Å². The summed E-state index contributed by atoms with van der Waals surface area (Å²) < 4.78 is 45.2. The molecule has 3 N–H and O–H groups in total. The SMILES string of the molecule is Cc1ccc(C(CCCCOc2ccc(CNCCCP(=O)(O)O)cc2C)c2ccc(F)cc2F)cc1C. The lowest BCUT2D eigenvalue weighted by Crippen LogP contribution is -2.16. The maximum Gasteiger partial charge on any atom is 0.325 e. The van der Waals surface area contributed by atoms with Gasteiger partial charge in [-0.2, -0.15) is 0 Å². The molecule has 38 heavy (non-hydrogen) atoms. The zero-order valence-electron chi connectivity index (χ0n) is 22.3. The van der Waals surface area contributed by atoms with Gasteiger partial charge in [-0.3, -0.25) is 4.57 Å². The molecule has 1 unspecified atom stereocenters. The first-order valence-electron chi connectivity index (χ1n) is 13.0. The van der Waals surface area contributed by atoms with Crippen LogP contribution in [0.15, 0.2) is 54.6 Å². The van der Waals surface area contributed by atoms with Gasteiger partial charge in [-0.1, -0.05) is 36.4 Å². The Kier molecular flexibility index (Phi) is 11.0. The van der Waals surface area contributed by atoms with Crippen molar-refractivity contribution in [3.05, 3.63) is 99.6 Å². The van der Waals surface area contributed by atoms with E-state index in [4.69, 9.17) is 14.5 Å². The minimum Gasteiger partial charge on any atom is -0.493 e. The molecule has 3 aromatic carbocycles. The monoisotopic (exact) mass is 545 g/mol. The van der Waals surface area contributed by atoms with Crippen molar-refractivity contribution in [2.45, 2.75) is 58.9 Å². The van der Waals surface area contributed by atoms with Gasteiger partial charge in [0.05, 0.1) is 12.8 Å². The van der Waals surface area contributed by atoms with Crippen molar-refractivity contribution in [3.8, 4) is 5.75 Å². The lowest BCUT2D eigenvalue weighted by atomic mass is 9.85. The van der Waals surface area contributed by atoms with Gasteiger partial charge in [-0.25, -0.2) is 8.78 Å². The first-order chi connectivity index (χ1) is 18.0. The molecule has 0 heterocycles. The molecule has 0 amide bonds. The van der Waals surface area contributed by atoms with Gasteiger partial charge in [0.15, 0.2) is 0 Å². The Morgan fingerprint density at radius 3 is 2.37 bits per heavy atom. The molecule has 0 aliphatic heterocycles. The van der Waals surface area contributed by atoms with Crippen molar-refractivity contribution < 1.29 is 27.9 Å². The van der Waals surface area contributed by atoms with E-state index in [1.54, 1.807) is 6.07 Å². The summed E-state index contributed by atoms with van der Waals surface area (Å²) >= 11 is 0. The summed E-state index contributed by atoms with van der Waals surface area (Å²) in [7, 11) is -3.94. The van der Waals surface area contributed by atoms with Crippen LogP contribution in [0.5, 0.6) is 5.75 Å². The minimum absolute atomic E-state index is 0.115. The summed E-state index contributed by atoms with van der Waals surface area (Å²) in [6.45, 7) is 7.76. The van der Waals surface area contributed by atoms with Crippen molar-refractivity contribution in [1.29, 1.82) is 0 Å². The largest absolute Gasteiger partial charge is 0.493 e. The number of unbranched alkanes of at least 4 members (excludes halogenated alkanes) is 1. The highest BCUT2D eigenvalue weighted by Gasteiger charge is 2.19. The molecule has 3 aromatic rings. The van der Waals surface area contributed by atoms with E-state index in [0.29, 0.717) is 31.7 Å². The van der Waals surface area contributed by atoms with Gasteiger partial charge in [0.1, 0.15) is 17.4 Å². The van der Waals surface area contributed by atoms with Gasteiger partial charge in [0.2, 0.25) is 0 Å². The molecule has 0 aliphatic carbocycles. The van der Waals surface area contributed by atoms with Crippen LogP contribution in [0.25, 0.3) is 0 Å². The maximum atomic E-state index is 14.7. The molecule has 0 spiro atoms. The third-order valence-electron chi connectivity index (χ3n) is 6.79. The summed E-state index contributed by atoms with van der Waals surface area (Å²) in [5.41, 5.74) is 5.95. The normalized spacial score (nSPS) is 12.5. The summed E-state index contributed by atoms with van der Waals surface area (Å²) in [5.74, 6) is -0.442. The Labute approximate surface area is 224 Å². The second-order valence-corrected chi connectivity index (χ2v) is 11.7. The highest BCUT2D eigenvalue weighted by molar-refractivity contribution is 7.51. The molecule has 206 valence electrons. The molecular formula is C30H38F2NO4P. The molecular weight excluding hydrogens is 507 g/mol. The molecule has 0 aromatic heterocycles. The average Bonchev–Trinajstić information content (AvgIpc) is 2.84. The van der Waals surface area contributed by atoms with E-state index < -0.39 is 19.2 Å². The second kappa shape index (κ2) is 14.0. The lowest BCUT2D eigenvalue weighted by molar-refractivity contribution is 0.302. The lowest BCUT2D eigenvalue weighted by Gasteiger charge is -2.20. The molecule has 0 saturated heterocycles. The molecule has 1 atom stereocenters. The van der Waals surface area contributed by atoms with Gasteiger partial charge >= 0.3 is 7.60 Å². The van der Waals surface area contributed by atoms with Gasteiger partial charge in [-0.05, 0) is 98.5 Å².